The second-order valence-electron chi connectivity index (χ2n) is 4.74. The van der Waals surface area contributed by atoms with Crippen LogP contribution >= 0.6 is 15.9 Å². The molecule has 0 fully saturated rings. The fourth-order valence-electron chi connectivity index (χ4n) is 1.95. The van der Waals surface area contributed by atoms with E-state index in [-0.39, 0.29) is 4.90 Å². The Balaban J connectivity index is 2.21. The average molecular weight is 369 g/mol. The lowest BCUT2D eigenvalue weighted by molar-refractivity contribution is 0.466. The van der Waals surface area contributed by atoms with Crippen molar-refractivity contribution >= 4 is 26.0 Å². The van der Waals surface area contributed by atoms with Crippen molar-refractivity contribution in [2.45, 2.75) is 18.0 Å². The van der Waals surface area contributed by atoms with Crippen molar-refractivity contribution in [1.29, 1.82) is 0 Å². The number of halogens is 1. The summed E-state index contributed by atoms with van der Waals surface area (Å²) in [7, 11) is -1.92. The quantitative estimate of drug-likeness (QED) is 0.882. The van der Waals surface area contributed by atoms with E-state index in [1.165, 1.54) is 4.31 Å². The lowest BCUT2D eigenvalue weighted by atomic mass is 10.2. The summed E-state index contributed by atoms with van der Waals surface area (Å²) >= 11 is 3.38. The number of hydrogen-bond donors (Lipinski definition) is 1. The molecule has 112 valence electrons. The third-order valence-electron chi connectivity index (χ3n) is 3.16. The van der Waals surface area contributed by atoms with Gasteiger partial charge in [-0.3, -0.25) is 0 Å². The van der Waals surface area contributed by atoms with Gasteiger partial charge in [-0.1, -0.05) is 40.2 Å². The summed E-state index contributed by atoms with van der Waals surface area (Å²) in [4.78, 5) is 0.275. The second-order valence-corrected chi connectivity index (χ2v) is 7.70. The van der Waals surface area contributed by atoms with E-state index < -0.39 is 10.0 Å². The summed E-state index contributed by atoms with van der Waals surface area (Å²) in [5, 5.41) is 0. The van der Waals surface area contributed by atoms with Crippen molar-refractivity contribution in [3.8, 4) is 0 Å². The highest BCUT2D eigenvalue weighted by Gasteiger charge is 2.20. The van der Waals surface area contributed by atoms with E-state index in [1.807, 2.05) is 24.3 Å². The van der Waals surface area contributed by atoms with Gasteiger partial charge in [0.1, 0.15) is 0 Å². The van der Waals surface area contributed by atoms with Crippen LogP contribution in [-0.2, 0) is 23.1 Å². The molecule has 0 spiro atoms. The molecule has 0 atom stereocenters. The molecule has 2 rings (SSSR count). The van der Waals surface area contributed by atoms with Gasteiger partial charge in [-0.15, -0.1) is 0 Å². The standard InChI is InChI=1S/C15H17BrN2O2S/c1-18(11-13-3-2-4-14(16)9-13)21(19,20)15-7-5-12(10-17)6-8-15/h2-9H,10-11,17H2,1H3. The van der Waals surface area contributed by atoms with E-state index in [2.05, 4.69) is 15.9 Å². The molecule has 4 nitrogen and oxygen atoms in total. The molecular weight excluding hydrogens is 352 g/mol. The maximum atomic E-state index is 12.5. The lowest BCUT2D eigenvalue weighted by Crippen LogP contribution is -2.26. The van der Waals surface area contributed by atoms with Crippen LogP contribution in [0.1, 0.15) is 11.1 Å². The SMILES string of the molecule is CN(Cc1cccc(Br)c1)S(=O)(=O)c1ccc(CN)cc1. The molecule has 0 saturated carbocycles. The summed E-state index contributed by atoms with van der Waals surface area (Å²) in [6, 6.07) is 14.3. The minimum absolute atomic E-state index is 0.275. The Morgan fingerprint density at radius 1 is 1.10 bits per heavy atom. The monoisotopic (exact) mass is 368 g/mol. The van der Waals surface area contributed by atoms with Crippen LogP contribution in [0, 0.1) is 0 Å². The first-order chi connectivity index (χ1) is 9.93. The van der Waals surface area contributed by atoms with Gasteiger partial charge in [0.2, 0.25) is 10.0 Å². The molecule has 0 aliphatic carbocycles. The zero-order chi connectivity index (χ0) is 15.5. The largest absolute Gasteiger partial charge is 0.326 e. The van der Waals surface area contributed by atoms with Crippen molar-refractivity contribution in [1.82, 2.24) is 4.31 Å². The van der Waals surface area contributed by atoms with Crippen molar-refractivity contribution in [3.63, 3.8) is 0 Å². The fourth-order valence-corrected chi connectivity index (χ4v) is 3.56. The van der Waals surface area contributed by atoms with Gasteiger partial charge in [0.05, 0.1) is 4.90 Å². The second kappa shape index (κ2) is 6.70. The van der Waals surface area contributed by atoms with Crippen molar-refractivity contribution in [2.24, 2.45) is 5.73 Å². The van der Waals surface area contributed by atoms with Crippen molar-refractivity contribution < 1.29 is 8.42 Å². The summed E-state index contributed by atoms with van der Waals surface area (Å²) in [6.45, 7) is 0.717. The van der Waals surface area contributed by atoms with E-state index in [1.54, 1.807) is 31.3 Å². The van der Waals surface area contributed by atoms with Gasteiger partial charge in [-0.05, 0) is 35.4 Å². The van der Waals surface area contributed by atoms with Crippen LogP contribution in [0.2, 0.25) is 0 Å². The molecule has 0 aliphatic rings. The normalized spacial score (nSPS) is 11.8. The first kappa shape index (κ1) is 16.2. The van der Waals surface area contributed by atoms with Crippen LogP contribution in [0.4, 0.5) is 0 Å². The number of sulfonamides is 1. The lowest BCUT2D eigenvalue weighted by Gasteiger charge is -2.17. The van der Waals surface area contributed by atoms with Gasteiger partial charge in [0.25, 0.3) is 0 Å². The third-order valence-corrected chi connectivity index (χ3v) is 5.47. The van der Waals surface area contributed by atoms with Crippen LogP contribution in [0.3, 0.4) is 0 Å². The molecule has 0 heterocycles. The maximum absolute atomic E-state index is 12.5. The van der Waals surface area contributed by atoms with E-state index >= 15 is 0 Å². The molecule has 6 heteroatoms. The maximum Gasteiger partial charge on any atom is 0.243 e. The Morgan fingerprint density at radius 3 is 2.33 bits per heavy atom. The molecular formula is C15H17BrN2O2S. The Morgan fingerprint density at radius 2 is 1.76 bits per heavy atom. The van der Waals surface area contributed by atoms with Crippen LogP contribution in [0.15, 0.2) is 57.9 Å². The van der Waals surface area contributed by atoms with Gasteiger partial charge in [-0.25, -0.2) is 8.42 Å². The molecule has 2 aromatic carbocycles. The molecule has 0 unspecified atom stereocenters. The minimum Gasteiger partial charge on any atom is -0.326 e. The molecule has 0 amide bonds. The number of nitrogens with zero attached hydrogens (tertiary/aromatic N) is 1. The predicted octanol–water partition coefficient (Wildman–Crippen LogP) is 2.73. The topological polar surface area (TPSA) is 63.4 Å². The molecule has 2 N–H and O–H groups in total. The van der Waals surface area contributed by atoms with Crippen LogP contribution in [0.25, 0.3) is 0 Å². The summed E-state index contributed by atoms with van der Waals surface area (Å²) in [6.07, 6.45) is 0. The van der Waals surface area contributed by atoms with Gasteiger partial charge in [-0.2, -0.15) is 4.31 Å². The summed E-state index contributed by atoms with van der Waals surface area (Å²) in [5.74, 6) is 0. The zero-order valence-corrected chi connectivity index (χ0v) is 14.1. The number of hydrogen-bond acceptors (Lipinski definition) is 3. The summed E-state index contributed by atoms with van der Waals surface area (Å²) < 4.78 is 27.3. The van der Waals surface area contributed by atoms with Crippen molar-refractivity contribution in [3.05, 3.63) is 64.1 Å². The molecule has 0 bridgehead atoms. The molecule has 0 aliphatic heterocycles. The number of rotatable bonds is 5. The van der Waals surface area contributed by atoms with Crippen molar-refractivity contribution in [2.75, 3.05) is 7.05 Å². The number of nitrogens with two attached hydrogens (primary N) is 1. The molecule has 0 radical (unpaired) electrons. The van der Waals surface area contributed by atoms with E-state index in [9.17, 15) is 8.42 Å². The van der Waals surface area contributed by atoms with Gasteiger partial charge < -0.3 is 5.73 Å². The zero-order valence-electron chi connectivity index (χ0n) is 11.7. The minimum atomic E-state index is -3.50. The van der Waals surface area contributed by atoms with Gasteiger partial charge >= 0.3 is 0 Å². The fraction of sp³-hybridized carbons (Fsp3) is 0.200. The molecule has 2 aromatic rings. The first-order valence-corrected chi connectivity index (χ1v) is 8.66. The molecule has 0 saturated heterocycles. The van der Waals surface area contributed by atoms with Gasteiger partial charge in [0, 0.05) is 24.6 Å². The molecule has 21 heavy (non-hydrogen) atoms. The highest BCUT2D eigenvalue weighted by atomic mass is 79.9. The van der Waals surface area contributed by atoms with E-state index in [0.717, 1.165) is 15.6 Å². The predicted molar refractivity (Wildman–Crippen MR) is 87.1 cm³/mol. The summed E-state index contributed by atoms with van der Waals surface area (Å²) in [5.41, 5.74) is 7.35. The van der Waals surface area contributed by atoms with E-state index in [0.29, 0.717) is 13.1 Å². The van der Waals surface area contributed by atoms with Crippen LogP contribution in [-0.4, -0.2) is 19.8 Å². The van der Waals surface area contributed by atoms with Crippen LogP contribution < -0.4 is 5.73 Å². The number of benzene rings is 2. The molecule has 0 aromatic heterocycles. The smallest absolute Gasteiger partial charge is 0.243 e. The Kier molecular flexibility index (Phi) is 5.16. The van der Waals surface area contributed by atoms with E-state index in [4.69, 9.17) is 5.73 Å². The Hall–Kier alpha value is -1.21. The third kappa shape index (κ3) is 3.91. The highest BCUT2D eigenvalue weighted by molar-refractivity contribution is 9.10. The van der Waals surface area contributed by atoms with Gasteiger partial charge in [0.15, 0.2) is 0 Å². The highest BCUT2D eigenvalue weighted by Crippen LogP contribution is 2.19. The Bertz CT molecular complexity index is 715. The van der Waals surface area contributed by atoms with Crippen LogP contribution in [0.5, 0.6) is 0 Å². The first-order valence-electron chi connectivity index (χ1n) is 6.43. The Labute approximate surface area is 133 Å². The average Bonchev–Trinajstić information content (AvgIpc) is 2.47.